The third-order valence-corrected chi connectivity index (χ3v) is 5.23. The van der Waals surface area contributed by atoms with Crippen molar-refractivity contribution in [2.45, 2.75) is 4.90 Å². The molecule has 3 rings (SSSR count). The third kappa shape index (κ3) is 3.18. The summed E-state index contributed by atoms with van der Waals surface area (Å²) in [6.07, 6.45) is 1.92. The van der Waals surface area contributed by atoms with E-state index >= 15 is 0 Å². The molecule has 2 heterocycles. The van der Waals surface area contributed by atoms with Crippen LogP contribution >= 0.6 is 11.6 Å². The van der Waals surface area contributed by atoms with E-state index in [1.54, 1.807) is 0 Å². The van der Waals surface area contributed by atoms with Crippen molar-refractivity contribution < 1.29 is 35.9 Å². The molecule has 0 bridgehead atoms. The molecule has 3 aromatic rings. The summed E-state index contributed by atoms with van der Waals surface area (Å²) in [6, 6.07) is 2.09. The molecule has 0 fully saturated rings. The Labute approximate surface area is 162 Å². The summed E-state index contributed by atoms with van der Waals surface area (Å²) in [6.45, 7) is 0. The van der Waals surface area contributed by atoms with Crippen LogP contribution < -0.4 is 9.47 Å². The number of rotatable bonds is 5. The first-order chi connectivity index (χ1) is 13.1. The van der Waals surface area contributed by atoms with Gasteiger partial charge in [-0.3, -0.25) is 4.79 Å². The molecule has 11 heteroatoms. The number of nitrogens with zero attached hydrogens (tertiary/aromatic N) is 1. The second-order valence-electron chi connectivity index (χ2n) is 5.65. The number of halogens is 3. The van der Waals surface area contributed by atoms with Crippen LogP contribution in [0.1, 0.15) is 16.1 Å². The summed E-state index contributed by atoms with van der Waals surface area (Å²) in [7, 11) is -1.83. The van der Waals surface area contributed by atoms with Crippen molar-refractivity contribution in [3.8, 4) is 11.5 Å². The van der Waals surface area contributed by atoms with Crippen molar-refractivity contribution in [3.63, 3.8) is 0 Å². The zero-order chi connectivity index (χ0) is 20.8. The highest BCUT2D eigenvalue weighted by Gasteiger charge is 2.34. The van der Waals surface area contributed by atoms with Gasteiger partial charge in [-0.2, -0.15) is 0 Å². The first kappa shape index (κ1) is 20.0. The van der Waals surface area contributed by atoms with Gasteiger partial charge in [-0.15, -0.1) is 0 Å². The molecule has 0 saturated heterocycles. The number of ketones is 1. The van der Waals surface area contributed by atoms with Crippen LogP contribution in [0, 0.1) is 11.6 Å². The summed E-state index contributed by atoms with van der Waals surface area (Å²) in [4.78, 5) is 16.1. The Kier molecular flexibility index (Phi) is 5.02. The van der Waals surface area contributed by atoms with Gasteiger partial charge in [0.05, 0.1) is 20.4 Å². The fourth-order valence-electron chi connectivity index (χ4n) is 2.67. The van der Waals surface area contributed by atoms with Gasteiger partial charge in [0, 0.05) is 17.7 Å². The average Bonchev–Trinajstić information content (AvgIpc) is 3.00. The molecule has 0 aliphatic rings. The van der Waals surface area contributed by atoms with Gasteiger partial charge in [-0.1, -0.05) is 11.6 Å². The van der Waals surface area contributed by atoms with Crippen molar-refractivity contribution in [3.05, 3.63) is 46.4 Å². The molecule has 148 valence electrons. The maximum absolute atomic E-state index is 14.7. The Balaban J connectivity index is 2.38. The first-order valence-electron chi connectivity index (χ1n) is 7.52. The number of furan rings is 1. The van der Waals surface area contributed by atoms with Gasteiger partial charge >= 0.3 is 0 Å². The number of benzene rings is 1. The summed E-state index contributed by atoms with van der Waals surface area (Å²) < 4.78 is 68.8. The molecule has 0 amide bonds. The van der Waals surface area contributed by atoms with Gasteiger partial charge in [0.2, 0.25) is 5.78 Å². The molecule has 0 radical (unpaired) electrons. The Morgan fingerprint density at radius 2 is 1.71 bits per heavy atom. The number of sulfone groups is 1. The minimum Gasteiger partial charge on any atom is -0.494 e. The molecule has 1 aromatic carbocycles. The molecule has 0 atom stereocenters. The van der Waals surface area contributed by atoms with Gasteiger partial charge in [0.25, 0.3) is 0 Å². The quantitative estimate of drug-likeness (QED) is 0.451. The van der Waals surface area contributed by atoms with Gasteiger partial charge < -0.3 is 13.9 Å². The lowest BCUT2D eigenvalue weighted by Crippen LogP contribution is -2.12. The lowest BCUT2D eigenvalue weighted by molar-refractivity contribution is 0.0997. The van der Waals surface area contributed by atoms with Crippen molar-refractivity contribution in [1.82, 2.24) is 4.98 Å². The van der Waals surface area contributed by atoms with Crippen molar-refractivity contribution in [2.24, 2.45) is 0 Å². The number of hydrogen-bond donors (Lipinski definition) is 0. The van der Waals surface area contributed by atoms with Crippen molar-refractivity contribution in [1.29, 1.82) is 0 Å². The maximum Gasteiger partial charge on any atom is 0.235 e. The molecule has 0 aliphatic carbocycles. The highest BCUT2D eigenvalue weighted by atomic mass is 35.5. The second-order valence-corrected chi connectivity index (χ2v) is 7.99. The number of aromatic nitrogens is 1. The number of methoxy groups -OCH3 is 2. The van der Waals surface area contributed by atoms with E-state index in [-0.39, 0.29) is 16.1 Å². The Morgan fingerprint density at radius 1 is 1.14 bits per heavy atom. The number of pyridine rings is 1. The van der Waals surface area contributed by atoms with E-state index in [0.717, 1.165) is 32.7 Å². The zero-order valence-corrected chi connectivity index (χ0v) is 16.2. The summed E-state index contributed by atoms with van der Waals surface area (Å²) in [5.74, 6) is -5.73. The Hall–Kier alpha value is -2.72. The van der Waals surface area contributed by atoms with Crippen LogP contribution in [0.3, 0.4) is 0 Å². The highest BCUT2D eigenvalue weighted by Crippen LogP contribution is 2.37. The van der Waals surface area contributed by atoms with Crippen LogP contribution in [-0.2, 0) is 9.84 Å². The highest BCUT2D eigenvalue weighted by molar-refractivity contribution is 7.91. The summed E-state index contributed by atoms with van der Waals surface area (Å²) in [5, 5.41) is -0.0980. The molecular weight excluding hydrogens is 420 g/mol. The SMILES string of the molecule is COc1cc(OC)c(F)c(C(=O)c2oc3cnc(Cl)cc3c2S(C)(=O)=O)c1F. The molecule has 0 unspecified atom stereocenters. The number of hydrogen-bond acceptors (Lipinski definition) is 7. The molecule has 28 heavy (non-hydrogen) atoms. The van der Waals surface area contributed by atoms with Crippen LogP contribution in [0.4, 0.5) is 8.78 Å². The van der Waals surface area contributed by atoms with Crippen LogP contribution in [0.15, 0.2) is 27.6 Å². The van der Waals surface area contributed by atoms with E-state index in [4.69, 9.17) is 25.5 Å². The van der Waals surface area contributed by atoms with Gasteiger partial charge in [-0.25, -0.2) is 22.2 Å². The standard InChI is InChI=1S/C17H12ClF2NO6S/c1-25-8-5-9(26-2)14(20)12(13(8)19)15(22)16-17(28(3,23)24)7-4-11(18)21-6-10(7)27-16/h4-6H,1-3H3. The topological polar surface area (TPSA) is 95.7 Å². The second kappa shape index (κ2) is 7.02. The maximum atomic E-state index is 14.7. The minimum absolute atomic E-state index is 0.0403. The van der Waals surface area contributed by atoms with E-state index in [2.05, 4.69) is 4.98 Å². The normalized spacial score (nSPS) is 11.6. The fourth-order valence-corrected chi connectivity index (χ4v) is 3.86. The van der Waals surface area contributed by atoms with Crippen LogP contribution in [0.25, 0.3) is 11.0 Å². The van der Waals surface area contributed by atoms with E-state index in [9.17, 15) is 22.0 Å². The molecule has 0 aliphatic heterocycles. The lowest BCUT2D eigenvalue weighted by Gasteiger charge is -2.11. The van der Waals surface area contributed by atoms with E-state index < -0.39 is 55.0 Å². The van der Waals surface area contributed by atoms with E-state index in [1.165, 1.54) is 6.07 Å². The lowest BCUT2D eigenvalue weighted by atomic mass is 10.1. The molecule has 0 saturated carbocycles. The molecule has 0 N–H and O–H groups in total. The largest absolute Gasteiger partial charge is 0.494 e. The van der Waals surface area contributed by atoms with Gasteiger partial charge in [-0.05, 0) is 6.07 Å². The van der Waals surface area contributed by atoms with Gasteiger partial charge in [0.15, 0.2) is 44.3 Å². The van der Waals surface area contributed by atoms with Gasteiger partial charge in [0.1, 0.15) is 15.6 Å². The average molecular weight is 432 g/mol. The predicted octanol–water partition coefficient (Wildman–Crippen LogP) is 3.41. The van der Waals surface area contributed by atoms with E-state index in [0.29, 0.717) is 0 Å². The number of ether oxygens (including phenoxy) is 2. The van der Waals surface area contributed by atoms with Crippen LogP contribution in [0.2, 0.25) is 5.15 Å². The smallest absolute Gasteiger partial charge is 0.235 e. The molecular formula is C17H12ClF2NO6S. The first-order valence-corrected chi connectivity index (χ1v) is 9.79. The van der Waals surface area contributed by atoms with Crippen molar-refractivity contribution in [2.75, 3.05) is 20.5 Å². The monoisotopic (exact) mass is 431 g/mol. The minimum atomic E-state index is -4.05. The molecule has 7 nitrogen and oxygen atoms in total. The fraction of sp³-hybridized carbons (Fsp3) is 0.176. The zero-order valence-electron chi connectivity index (χ0n) is 14.7. The number of carbonyl (C=O) groups excluding carboxylic acids is 1. The van der Waals surface area contributed by atoms with Crippen molar-refractivity contribution >= 4 is 38.2 Å². The van der Waals surface area contributed by atoms with E-state index in [1.807, 2.05) is 0 Å². The summed E-state index contributed by atoms with van der Waals surface area (Å²) >= 11 is 5.79. The molecule has 2 aromatic heterocycles. The number of fused-ring (bicyclic) bond motifs is 1. The molecule has 0 spiro atoms. The Morgan fingerprint density at radius 3 is 2.21 bits per heavy atom. The summed E-state index contributed by atoms with van der Waals surface area (Å²) in [5.41, 5.74) is -1.18. The Bertz CT molecular complexity index is 1190. The van der Waals surface area contributed by atoms with Crippen LogP contribution in [0.5, 0.6) is 11.5 Å². The van der Waals surface area contributed by atoms with Crippen LogP contribution in [-0.4, -0.2) is 39.7 Å². The third-order valence-electron chi connectivity index (χ3n) is 3.87. The predicted molar refractivity (Wildman–Crippen MR) is 95.0 cm³/mol. The number of carbonyl (C=O) groups is 1.